The molecular weight excluding hydrogens is 629 g/mol. The summed E-state index contributed by atoms with van der Waals surface area (Å²) in [6.45, 7) is 5.37. The number of anilines is 3. The van der Waals surface area contributed by atoms with E-state index in [1.807, 2.05) is 6.20 Å². The van der Waals surface area contributed by atoms with Gasteiger partial charge in [0.25, 0.3) is 0 Å². The van der Waals surface area contributed by atoms with Crippen molar-refractivity contribution in [2.45, 2.75) is 29.7 Å². The monoisotopic (exact) mass is 664 g/mol. The zero-order valence-electron chi connectivity index (χ0n) is 28.1. The van der Waals surface area contributed by atoms with E-state index < -0.39 is 0 Å². The third-order valence-corrected chi connectivity index (χ3v) is 10.7. The summed E-state index contributed by atoms with van der Waals surface area (Å²) in [6.07, 6.45) is 1.94. The smallest absolute Gasteiger partial charge is 0.138 e. The van der Waals surface area contributed by atoms with E-state index in [4.69, 9.17) is 4.98 Å². The van der Waals surface area contributed by atoms with Crippen molar-refractivity contribution >= 4 is 50.6 Å². The maximum absolute atomic E-state index is 4.96. The largest absolute Gasteiger partial charge is 0.349 e. The Balaban J connectivity index is 1.10. The third kappa shape index (κ3) is 5.31. The van der Waals surface area contributed by atoms with Crippen LogP contribution in [-0.4, -0.2) is 22.3 Å². The van der Waals surface area contributed by atoms with Crippen LogP contribution in [-0.2, 0) is 0 Å². The highest BCUT2D eigenvalue weighted by molar-refractivity contribution is 7.99. The lowest BCUT2D eigenvalue weighted by atomic mass is 9.95. The maximum Gasteiger partial charge on any atom is 0.138 e. The molecule has 0 bridgehead atoms. The Morgan fingerprint density at radius 2 is 1.26 bits per heavy atom. The van der Waals surface area contributed by atoms with Crippen LogP contribution in [0.5, 0.6) is 0 Å². The minimum atomic E-state index is 0.422. The number of aromatic nitrogens is 2. The molecule has 0 aliphatic carbocycles. The van der Waals surface area contributed by atoms with Crippen molar-refractivity contribution in [3.05, 3.63) is 164 Å². The van der Waals surface area contributed by atoms with Gasteiger partial charge >= 0.3 is 0 Å². The molecule has 50 heavy (non-hydrogen) atoms. The number of rotatable bonds is 7. The van der Waals surface area contributed by atoms with Gasteiger partial charge in [-0.1, -0.05) is 109 Å². The van der Waals surface area contributed by atoms with Crippen molar-refractivity contribution in [1.82, 2.24) is 9.55 Å². The fourth-order valence-corrected chi connectivity index (χ4v) is 8.23. The number of fused-ring (bicyclic) bond motifs is 4. The second-order valence-corrected chi connectivity index (χ2v) is 14.2. The molecule has 1 aliphatic heterocycles. The van der Waals surface area contributed by atoms with Crippen LogP contribution in [0.15, 0.2) is 174 Å². The van der Waals surface area contributed by atoms with Crippen molar-refractivity contribution in [1.29, 1.82) is 0 Å². The Hall–Kier alpha value is -5.78. The normalized spacial score (nSPS) is 12.7. The highest BCUT2D eigenvalue weighted by atomic mass is 32.2. The summed E-state index contributed by atoms with van der Waals surface area (Å²) in [5, 5.41) is 2.44. The van der Waals surface area contributed by atoms with Gasteiger partial charge in [0, 0.05) is 38.5 Å². The first-order valence-corrected chi connectivity index (χ1v) is 18.0. The molecule has 0 amide bonds. The fourth-order valence-electron chi connectivity index (χ4n) is 7.33. The lowest BCUT2D eigenvalue weighted by molar-refractivity contribution is 0.709. The van der Waals surface area contributed by atoms with Crippen molar-refractivity contribution < 1.29 is 0 Å². The predicted octanol–water partition coefficient (Wildman–Crippen LogP) is 12.0. The summed E-state index contributed by atoms with van der Waals surface area (Å²) in [5.41, 5.74) is 10.8. The topological polar surface area (TPSA) is 24.3 Å². The van der Waals surface area contributed by atoms with E-state index in [2.05, 4.69) is 186 Å². The molecule has 2 aromatic heterocycles. The first-order valence-electron chi connectivity index (χ1n) is 17.2. The van der Waals surface area contributed by atoms with Crippen LogP contribution >= 0.6 is 11.8 Å². The molecule has 3 heterocycles. The van der Waals surface area contributed by atoms with Gasteiger partial charge in [0.2, 0.25) is 0 Å². The predicted molar refractivity (Wildman–Crippen MR) is 211 cm³/mol. The fraction of sp³-hybridized carbons (Fsp3) is 0.0889. The van der Waals surface area contributed by atoms with Gasteiger partial charge in [0.15, 0.2) is 0 Å². The number of hydrogen-bond donors (Lipinski definition) is 0. The molecule has 8 aromatic rings. The lowest BCUT2D eigenvalue weighted by Crippen LogP contribution is -2.33. The summed E-state index contributed by atoms with van der Waals surface area (Å²) in [6, 6.07) is 57.2. The van der Waals surface area contributed by atoms with Crippen LogP contribution < -0.4 is 9.80 Å². The van der Waals surface area contributed by atoms with E-state index in [0.29, 0.717) is 6.04 Å². The Labute approximate surface area is 297 Å². The number of nitrogens with zero attached hydrogens (tertiary/aromatic N) is 4. The minimum Gasteiger partial charge on any atom is -0.349 e. The molecule has 0 radical (unpaired) electrons. The summed E-state index contributed by atoms with van der Waals surface area (Å²) in [7, 11) is 0. The standard InChI is InChI=1S/C45H36N4S/c1-31(2)47-30-48(43-22-11-10-21-42(43)47)34-15-12-16-35(28-34)50-36-23-24-40-39-19-8-9-20-41(39)49(44(40)29-36)45-27-33(25-26-46-45)38-18-7-6-17-37(38)32-13-4-3-5-14-32/h3-29,31H,30H2,1-2H3. The second-order valence-electron chi connectivity index (χ2n) is 13.1. The molecule has 1 aliphatic rings. The van der Waals surface area contributed by atoms with E-state index in [0.717, 1.165) is 29.1 Å². The zero-order chi connectivity index (χ0) is 33.6. The molecule has 0 fully saturated rings. The average Bonchev–Trinajstić information content (AvgIpc) is 3.72. The Bertz CT molecular complexity index is 2500. The second kappa shape index (κ2) is 12.6. The summed E-state index contributed by atoms with van der Waals surface area (Å²) in [5.74, 6) is 0.906. The highest BCUT2D eigenvalue weighted by Crippen LogP contribution is 2.43. The minimum absolute atomic E-state index is 0.422. The first-order chi connectivity index (χ1) is 24.6. The maximum atomic E-state index is 4.96. The van der Waals surface area contributed by atoms with Gasteiger partial charge in [-0.15, -0.1) is 0 Å². The number of benzene rings is 6. The highest BCUT2D eigenvalue weighted by Gasteiger charge is 2.28. The molecule has 9 rings (SSSR count). The van der Waals surface area contributed by atoms with E-state index in [9.17, 15) is 0 Å². The molecule has 0 spiro atoms. The molecule has 0 saturated heterocycles. The van der Waals surface area contributed by atoms with Crippen molar-refractivity contribution in [2.24, 2.45) is 0 Å². The Morgan fingerprint density at radius 1 is 0.560 bits per heavy atom. The summed E-state index contributed by atoms with van der Waals surface area (Å²) in [4.78, 5) is 12.3. The van der Waals surface area contributed by atoms with Crippen LogP contribution in [0.2, 0.25) is 0 Å². The molecule has 5 heteroatoms. The van der Waals surface area contributed by atoms with Crippen molar-refractivity contribution in [3.63, 3.8) is 0 Å². The van der Waals surface area contributed by atoms with Gasteiger partial charge in [0.05, 0.1) is 29.1 Å². The summed E-state index contributed by atoms with van der Waals surface area (Å²) < 4.78 is 2.32. The number of hydrogen-bond acceptors (Lipinski definition) is 4. The van der Waals surface area contributed by atoms with Gasteiger partial charge in [-0.3, -0.25) is 4.57 Å². The van der Waals surface area contributed by atoms with Gasteiger partial charge in [0.1, 0.15) is 5.82 Å². The molecule has 6 aromatic carbocycles. The van der Waals surface area contributed by atoms with Crippen LogP contribution in [0.3, 0.4) is 0 Å². The van der Waals surface area contributed by atoms with E-state index >= 15 is 0 Å². The van der Waals surface area contributed by atoms with E-state index in [1.54, 1.807) is 11.8 Å². The van der Waals surface area contributed by atoms with E-state index in [1.165, 1.54) is 54.3 Å². The molecule has 0 unspecified atom stereocenters. The van der Waals surface area contributed by atoms with Gasteiger partial charge in [-0.25, -0.2) is 4.98 Å². The molecule has 0 atom stereocenters. The molecule has 0 saturated carbocycles. The van der Waals surface area contributed by atoms with Crippen LogP contribution in [0.25, 0.3) is 49.9 Å². The molecular formula is C45H36N4S. The molecule has 242 valence electrons. The van der Waals surface area contributed by atoms with Gasteiger partial charge < -0.3 is 9.80 Å². The SMILES string of the molecule is CC(C)N1CN(c2cccc(Sc3ccc4c5ccccc5n(-c5cc(-c6ccccc6-c6ccccc6)ccn5)c4c3)c2)c2ccccc21. The number of para-hydroxylation sites is 3. The van der Waals surface area contributed by atoms with Gasteiger partial charge in [-0.2, -0.15) is 0 Å². The van der Waals surface area contributed by atoms with Crippen LogP contribution in [0, 0.1) is 0 Å². The quantitative estimate of drug-likeness (QED) is 0.169. The molecule has 4 nitrogen and oxygen atoms in total. The molecule has 0 N–H and O–H groups in total. The zero-order valence-corrected chi connectivity index (χ0v) is 28.9. The van der Waals surface area contributed by atoms with Crippen LogP contribution in [0.4, 0.5) is 17.1 Å². The first kappa shape index (κ1) is 30.3. The average molecular weight is 665 g/mol. The summed E-state index contributed by atoms with van der Waals surface area (Å²) >= 11 is 1.80. The lowest BCUT2D eigenvalue weighted by Gasteiger charge is -2.25. The Morgan fingerprint density at radius 3 is 2.10 bits per heavy atom. The van der Waals surface area contributed by atoms with Crippen LogP contribution in [0.1, 0.15) is 13.8 Å². The number of pyridine rings is 1. The Kier molecular flexibility index (Phi) is 7.63. The van der Waals surface area contributed by atoms with Crippen molar-refractivity contribution in [3.8, 4) is 28.1 Å². The third-order valence-electron chi connectivity index (χ3n) is 9.71. The van der Waals surface area contributed by atoms with Crippen molar-refractivity contribution in [2.75, 3.05) is 16.5 Å². The van der Waals surface area contributed by atoms with E-state index in [-0.39, 0.29) is 0 Å². The van der Waals surface area contributed by atoms with Gasteiger partial charge in [-0.05, 0) is 96.8 Å².